The smallest absolute Gasteiger partial charge is 0.126 e. The summed E-state index contributed by atoms with van der Waals surface area (Å²) >= 11 is 0. The van der Waals surface area contributed by atoms with Crippen molar-refractivity contribution < 1.29 is 9.84 Å². The number of hydrogen-bond donors (Lipinski definition) is 1. The third-order valence-corrected chi connectivity index (χ3v) is 4.14. The second kappa shape index (κ2) is 7.35. The third kappa shape index (κ3) is 4.27. The van der Waals surface area contributed by atoms with Gasteiger partial charge < -0.3 is 9.84 Å². The van der Waals surface area contributed by atoms with E-state index in [1.165, 1.54) is 11.1 Å². The molecule has 0 saturated carbocycles. The molecular weight excluding hydrogens is 272 g/mol. The van der Waals surface area contributed by atoms with E-state index in [4.69, 9.17) is 4.74 Å². The van der Waals surface area contributed by atoms with Crippen molar-refractivity contribution in [3.8, 4) is 11.5 Å². The van der Waals surface area contributed by atoms with Gasteiger partial charge in [-0.2, -0.15) is 0 Å². The summed E-state index contributed by atoms with van der Waals surface area (Å²) in [6.07, 6.45) is 9.12. The van der Waals surface area contributed by atoms with Crippen molar-refractivity contribution in [3.63, 3.8) is 0 Å². The molecule has 2 rings (SSSR count). The van der Waals surface area contributed by atoms with Gasteiger partial charge in [-0.3, -0.25) is 0 Å². The Morgan fingerprint density at radius 3 is 2.64 bits per heavy atom. The summed E-state index contributed by atoms with van der Waals surface area (Å²) in [4.78, 5) is 0. The molecule has 1 aliphatic carbocycles. The Bertz CT molecular complexity index is 621. The number of ether oxygens (including phenoxy) is 1. The van der Waals surface area contributed by atoms with Crippen LogP contribution in [-0.2, 0) is 12.8 Å². The van der Waals surface area contributed by atoms with Crippen molar-refractivity contribution >= 4 is 0 Å². The van der Waals surface area contributed by atoms with E-state index in [2.05, 4.69) is 31.7 Å². The topological polar surface area (TPSA) is 29.5 Å². The maximum absolute atomic E-state index is 10.3. The number of hydrogen-bond acceptors (Lipinski definition) is 2. The lowest BCUT2D eigenvalue weighted by molar-refractivity contribution is 0.398. The van der Waals surface area contributed by atoms with Crippen molar-refractivity contribution in [2.24, 2.45) is 0 Å². The Balaban J connectivity index is 2.20. The van der Waals surface area contributed by atoms with E-state index < -0.39 is 0 Å². The fraction of sp³-hybridized carbons (Fsp3) is 0.400. The van der Waals surface area contributed by atoms with Crippen molar-refractivity contribution in [1.29, 1.82) is 0 Å². The van der Waals surface area contributed by atoms with E-state index >= 15 is 0 Å². The molecule has 2 nitrogen and oxygen atoms in total. The highest BCUT2D eigenvalue weighted by atomic mass is 16.5. The zero-order valence-corrected chi connectivity index (χ0v) is 13.9. The highest BCUT2D eigenvalue weighted by Gasteiger charge is 2.13. The van der Waals surface area contributed by atoms with E-state index in [-0.39, 0.29) is 0 Å². The molecule has 0 atom stereocenters. The van der Waals surface area contributed by atoms with E-state index in [1.54, 1.807) is 7.11 Å². The molecule has 0 spiro atoms. The van der Waals surface area contributed by atoms with Crippen LogP contribution in [-0.4, -0.2) is 12.2 Å². The number of phenols is 1. The van der Waals surface area contributed by atoms with E-state index in [1.807, 2.05) is 13.0 Å². The predicted octanol–water partition coefficient (Wildman–Crippen LogP) is 5.12. The molecule has 0 fully saturated rings. The first kappa shape index (κ1) is 16.4. The Hall–Kier alpha value is -1.96. The van der Waals surface area contributed by atoms with Gasteiger partial charge in [-0.1, -0.05) is 28.9 Å². The van der Waals surface area contributed by atoms with Crippen LogP contribution in [0.25, 0.3) is 0 Å². The van der Waals surface area contributed by atoms with Crippen LogP contribution in [0.2, 0.25) is 0 Å². The number of aromatic hydroxyl groups is 1. The second-order valence-corrected chi connectivity index (χ2v) is 6.27. The van der Waals surface area contributed by atoms with E-state index in [0.717, 1.165) is 54.6 Å². The molecular formula is C20H26O2. The number of phenolic OH excluding ortho intramolecular Hbond substituents is 1. The van der Waals surface area contributed by atoms with E-state index in [9.17, 15) is 5.11 Å². The molecule has 118 valence electrons. The third-order valence-electron chi connectivity index (χ3n) is 4.14. The first-order chi connectivity index (χ1) is 10.5. The largest absolute Gasteiger partial charge is 0.508 e. The van der Waals surface area contributed by atoms with Gasteiger partial charge in [0.2, 0.25) is 0 Å². The summed E-state index contributed by atoms with van der Waals surface area (Å²) < 4.78 is 5.48. The lowest BCUT2D eigenvalue weighted by Gasteiger charge is -2.16. The van der Waals surface area contributed by atoms with Gasteiger partial charge in [0.25, 0.3) is 0 Å². The lowest BCUT2D eigenvalue weighted by Crippen LogP contribution is -1.99. The molecule has 0 aromatic heterocycles. The fourth-order valence-electron chi connectivity index (χ4n) is 2.75. The van der Waals surface area contributed by atoms with Gasteiger partial charge in [0, 0.05) is 5.56 Å². The SMILES string of the molecule is C=C(C)CCc1c(O)cc(CC2=CC=C(C)CC2)cc1OC. The average molecular weight is 298 g/mol. The molecule has 2 heteroatoms. The minimum absolute atomic E-state index is 0.332. The molecule has 0 unspecified atom stereocenters. The molecule has 1 N–H and O–H groups in total. The summed E-state index contributed by atoms with van der Waals surface area (Å²) in [6.45, 7) is 8.09. The predicted molar refractivity (Wildman–Crippen MR) is 92.6 cm³/mol. The van der Waals surface area contributed by atoms with Crippen molar-refractivity contribution in [1.82, 2.24) is 0 Å². The zero-order chi connectivity index (χ0) is 16.1. The first-order valence-corrected chi connectivity index (χ1v) is 7.88. The minimum atomic E-state index is 0.332. The van der Waals surface area contributed by atoms with Crippen molar-refractivity contribution in [3.05, 3.63) is 58.7 Å². The van der Waals surface area contributed by atoms with Gasteiger partial charge in [-0.25, -0.2) is 0 Å². The number of allylic oxidation sites excluding steroid dienone is 5. The van der Waals surface area contributed by atoms with Crippen LogP contribution in [0.4, 0.5) is 0 Å². The van der Waals surface area contributed by atoms with Gasteiger partial charge in [-0.05, 0) is 63.6 Å². The second-order valence-electron chi connectivity index (χ2n) is 6.27. The van der Waals surface area contributed by atoms with Crippen LogP contribution < -0.4 is 4.74 Å². The molecule has 1 aromatic rings. The van der Waals surface area contributed by atoms with Gasteiger partial charge >= 0.3 is 0 Å². The van der Waals surface area contributed by atoms with Gasteiger partial charge in [0.05, 0.1) is 7.11 Å². The summed E-state index contributed by atoms with van der Waals surface area (Å²) in [5.41, 5.74) is 5.93. The molecule has 0 amide bonds. The maximum Gasteiger partial charge on any atom is 0.126 e. The van der Waals surface area contributed by atoms with Crippen LogP contribution in [0.3, 0.4) is 0 Å². The van der Waals surface area contributed by atoms with Crippen molar-refractivity contribution in [2.45, 2.75) is 46.0 Å². The molecule has 1 aliphatic rings. The summed E-state index contributed by atoms with van der Waals surface area (Å²) in [5.74, 6) is 1.11. The van der Waals surface area contributed by atoms with Gasteiger partial charge in [-0.15, -0.1) is 6.58 Å². The van der Waals surface area contributed by atoms with E-state index in [0.29, 0.717) is 5.75 Å². The Labute approximate surface area is 133 Å². The van der Waals surface area contributed by atoms with Crippen LogP contribution in [0.1, 0.15) is 44.2 Å². The van der Waals surface area contributed by atoms with Crippen LogP contribution in [0.5, 0.6) is 11.5 Å². The van der Waals surface area contributed by atoms with Crippen LogP contribution >= 0.6 is 0 Å². The molecule has 0 saturated heterocycles. The van der Waals surface area contributed by atoms with Gasteiger partial charge in [0.1, 0.15) is 11.5 Å². The highest BCUT2D eigenvalue weighted by molar-refractivity contribution is 5.48. The molecule has 0 heterocycles. The van der Waals surface area contributed by atoms with Crippen molar-refractivity contribution in [2.75, 3.05) is 7.11 Å². The molecule has 0 radical (unpaired) electrons. The summed E-state index contributed by atoms with van der Waals surface area (Å²) in [7, 11) is 1.66. The molecule has 0 aliphatic heterocycles. The quantitative estimate of drug-likeness (QED) is 0.739. The first-order valence-electron chi connectivity index (χ1n) is 7.88. The molecule has 22 heavy (non-hydrogen) atoms. The zero-order valence-electron chi connectivity index (χ0n) is 13.9. The average Bonchev–Trinajstić information content (AvgIpc) is 2.47. The normalized spacial score (nSPS) is 14.3. The fourth-order valence-corrected chi connectivity index (χ4v) is 2.75. The lowest BCUT2D eigenvalue weighted by atomic mass is 9.93. The minimum Gasteiger partial charge on any atom is -0.508 e. The van der Waals surface area contributed by atoms with Crippen LogP contribution in [0.15, 0.2) is 47.6 Å². The van der Waals surface area contributed by atoms with Crippen LogP contribution in [0, 0.1) is 0 Å². The maximum atomic E-state index is 10.3. The van der Waals surface area contributed by atoms with Gasteiger partial charge in [0.15, 0.2) is 0 Å². The summed E-state index contributed by atoms with van der Waals surface area (Å²) in [6, 6.07) is 3.93. The number of benzene rings is 1. The molecule has 1 aromatic carbocycles. The monoisotopic (exact) mass is 298 g/mol. The summed E-state index contributed by atoms with van der Waals surface area (Å²) in [5, 5.41) is 10.3. The Morgan fingerprint density at radius 2 is 2.05 bits per heavy atom. The molecule has 0 bridgehead atoms. The standard InChI is InChI=1S/C20H26O2/c1-14(2)5-10-18-19(21)12-17(13-20(18)22-4)11-16-8-6-15(3)7-9-16/h6,8,12-13,21H,1,5,7,9-11H2,2-4H3. The Morgan fingerprint density at radius 1 is 1.27 bits per heavy atom. The number of rotatable bonds is 6. The Kier molecular flexibility index (Phi) is 5.48. The highest BCUT2D eigenvalue weighted by Crippen LogP contribution is 2.33. The number of methoxy groups -OCH3 is 1.